The minimum absolute atomic E-state index is 0.157. The predicted molar refractivity (Wildman–Crippen MR) is 109 cm³/mol. The van der Waals surface area contributed by atoms with Gasteiger partial charge in [-0.05, 0) is 42.2 Å². The molecule has 2 saturated heterocycles. The Labute approximate surface area is 181 Å². The van der Waals surface area contributed by atoms with Gasteiger partial charge in [-0.15, -0.1) is 0 Å². The van der Waals surface area contributed by atoms with Crippen LogP contribution in [0.4, 0.5) is 13.2 Å². The minimum Gasteiger partial charge on any atom is -0.507 e. The SMILES string of the molecule is O=C1C2=C(O)C(O)C=NN2[C@@H]([C@@H](c2ccc(F)cc2)c2ccc(F)cc2F)[C@H]2CCCN12. The summed E-state index contributed by atoms with van der Waals surface area (Å²) < 4.78 is 42.4. The molecule has 2 fully saturated rings. The maximum Gasteiger partial charge on any atom is 0.276 e. The molecule has 2 N–H and O–H groups in total. The summed E-state index contributed by atoms with van der Waals surface area (Å²) in [5.74, 6) is -3.75. The van der Waals surface area contributed by atoms with Crippen molar-refractivity contribution in [1.29, 1.82) is 0 Å². The van der Waals surface area contributed by atoms with Crippen LogP contribution in [0, 0.1) is 17.5 Å². The summed E-state index contributed by atoms with van der Waals surface area (Å²) in [6, 6.07) is 7.74. The number of fused-ring (bicyclic) bond motifs is 2. The first-order valence-electron chi connectivity index (χ1n) is 10.3. The van der Waals surface area contributed by atoms with Gasteiger partial charge in [0.15, 0.2) is 11.5 Å². The molecule has 0 spiro atoms. The number of carbonyl (C=O) groups excluding carboxylic acids is 1. The van der Waals surface area contributed by atoms with Gasteiger partial charge in [0.25, 0.3) is 5.91 Å². The van der Waals surface area contributed by atoms with Gasteiger partial charge < -0.3 is 15.1 Å². The molecule has 1 amide bonds. The molecule has 6 nitrogen and oxygen atoms in total. The van der Waals surface area contributed by atoms with Crippen molar-refractivity contribution in [3.05, 3.63) is 82.5 Å². The molecule has 0 radical (unpaired) electrons. The largest absolute Gasteiger partial charge is 0.507 e. The summed E-state index contributed by atoms with van der Waals surface area (Å²) in [7, 11) is 0. The van der Waals surface area contributed by atoms with Gasteiger partial charge in [-0.2, -0.15) is 5.10 Å². The molecule has 2 aromatic carbocycles. The highest BCUT2D eigenvalue weighted by atomic mass is 19.1. The van der Waals surface area contributed by atoms with E-state index in [1.54, 1.807) is 4.90 Å². The normalized spacial score (nSPS) is 25.8. The van der Waals surface area contributed by atoms with Crippen LogP contribution < -0.4 is 0 Å². The maximum absolute atomic E-state index is 15.1. The van der Waals surface area contributed by atoms with E-state index in [9.17, 15) is 23.8 Å². The average Bonchev–Trinajstić information content (AvgIpc) is 3.25. The average molecular weight is 443 g/mol. The number of hydrogen-bond donors (Lipinski definition) is 2. The zero-order chi connectivity index (χ0) is 22.6. The van der Waals surface area contributed by atoms with Gasteiger partial charge in [0.2, 0.25) is 0 Å². The monoisotopic (exact) mass is 443 g/mol. The Bertz CT molecular complexity index is 1140. The molecule has 0 bridgehead atoms. The number of carbonyl (C=O) groups is 1. The third-order valence-electron chi connectivity index (χ3n) is 6.39. The first-order chi connectivity index (χ1) is 15.4. The van der Waals surface area contributed by atoms with Crippen LogP contribution in [-0.2, 0) is 4.79 Å². The lowest BCUT2D eigenvalue weighted by molar-refractivity contribution is -0.136. The van der Waals surface area contributed by atoms with Crippen LogP contribution in [-0.4, -0.2) is 57.0 Å². The number of nitrogens with zero attached hydrogens (tertiary/aromatic N) is 3. The van der Waals surface area contributed by atoms with Gasteiger partial charge in [0.05, 0.1) is 18.3 Å². The Kier molecular flexibility index (Phi) is 4.93. The molecule has 0 saturated carbocycles. The molecule has 166 valence electrons. The van der Waals surface area contributed by atoms with Crippen molar-refractivity contribution in [2.75, 3.05) is 6.54 Å². The third kappa shape index (κ3) is 3.15. The van der Waals surface area contributed by atoms with Crippen LogP contribution in [0.5, 0.6) is 0 Å². The molecule has 9 heteroatoms. The van der Waals surface area contributed by atoms with Crippen molar-refractivity contribution >= 4 is 12.1 Å². The number of hydrazone groups is 1. The molecule has 1 unspecified atom stereocenters. The lowest BCUT2D eigenvalue weighted by atomic mass is 9.79. The fourth-order valence-corrected chi connectivity index (χ4v) is 5.00. The second-order valence-corrected chi connectivity index (χ2v) is 8.18. The number of rotatable bonds is 3. The second kappa shape index (κ2) is 7.67. The van der Waals surface area contributed by atoms with Crippen molar-refractivity contribution in [3.63, 3.8) is 0 Å². The summed E-state index contributed by atoms with van der Waals surface area (Å²) in [5, 5.41) is 26.1. The van der Waals surface area contributed by atoms with Gasteiger partial charge in [-0.3, -0.25) is 9.80 Å². The van der Waals surface area contributed by atoms with Crippen molar-refractivity contribution in [1.82, 2.24) is 9.91 Å². The van der Waals surface area contributed by atoms with Crippen LogP contribution in [0.15, 0.2) is 59.0 Å². The van der Waals surface area contributed by atoms with E-state index < -0.39 is 47.2 Å². The molecular formula is C23H20F3N3O3. The Hall–Kier alpha value is -3.33. The molecule has 5 rings (SSSR count). The second-order valence-electron chi connectivity index (χ2n) is 8.18. The number of halogens is 3. The zero-order valence-electron chi connectivity index (χ0n) is 16.8. The van der Waals surface area contributed by atoms with Gasteiger partial charge >= 0.3 is 0 Å². The number of amides is 1. The minimum atomic E-state index is -1.43. The highest BCUT2D eigenvalue weighted by Crippen LogP contribution is 2.44. The molecule has 32 heavy (non-hydrogen) atoms. The van der Waals surface area contributed by atoms with Gasteiger partial charge in [0, 0.05) is 18.5 Å². The molecule has 2 aromatic rings. The van der Waals surface area contributed by atoms with E-state index in [0.29, 0.717) is 24.9 Å². The van der Waals surface area contributed by atoms with Crippen molar-refractivity contribution < 1.29 is 28.2 Å². The summed E-state index contributed by atoms with van der Waals surface area (Å²) in [4.78, 5) is 14.7. The van der Waals surface area contributed by atoms with E-state index in [0.717, 1.165) is 18.3 Å². The molecule has 3 aliphatic rings. The number of hydrogen-bond acceptors (Lipinski definition) is 5. The van der Waals surface area contributed by atoms with E-state index >= 15 is 4.39 Å². The van der Waals surface area contributed by atoms with E-state index in [4.69, 9.17) is 0 Å². The predicted octanol–water partition coefficient (Wildman–Crippen LogP) is 3.04. The van der Waals surface area contributed by atoms with Crippen LogP contribution in [0.3, 0.4) is 0 Å². The maximum atomic E-state index is 15.1. The molecule has 3 heterocycles. The lowest BCUT2D eigenvalue weighted by Crippen LogP contribution is -2.60. The first kappa shape index (κ1) is 20.6. The first-order valence-corrected chi connectivity index (χ1v) is 10.3. The Morgan fingerprint density at radius 1 is 1.06 bits per heavy atom. The summed E-state index contributed by atoms with van der Waals surface area (Å²) in [5.41, 5.74) is 0.533. The van der Waals surface area contributed by atoms with E-state index in [2.05, 4.69) is 5.10 Å². The van der Waals surface area contributed by atoms with Gasteiger partial charge in [0.1, 0.15) is 23.6 Å². The Morgan fingerprint density at radius 2 is 1.78 bits per heavy atom. The Morgan fingerprint density at radius 3 is 2.50 bits per heavy atom. The third-order valence-corrected chi connectivity index (χ3v) is 6.39. The van der Waals surface area contributed by atoms with Crippen LogP contribution in [0.25, 0.3) is 0 Å². The molecule has 0 aliphatic carbocycles. The van der Waals surface area contributed by atoms with Gasteiger partial charge in [-0.25, -0.2) is 13.2 Å². The number of aliphatic hydroxyl groups is 2. The van der Waals surface area contributed by atoms with Crippen molar-refractivity contribution in [2.45, 2.75) is 36.9 Å². The quantitative estimate of drug-likeness (QED) is 0.765. The zero-order valence-corrected chi connectivity index (χ0v) is 16.8. The fourth-order valence-electron chi connectivity index (χ4n) is 5.00. The summed E-state index contributed by atoms with van der Waals surface area (Å²) >= 11 is 0. The fraction of sp³-hybridized carbons (Fsp3) is 0.304. The van der Waals surface area contributed by atoms with Gasteiger partial charge in [-0.1, -0.05) is 18.2 Å². The van der Waals surface area contributed by atoms with E-state index in [1.165, 1.54) is 35.3 Å². The van der Waals surface area contributed by atoms with Crippen molar-refractivity contribution in [3.8, 4) is 0 Å². The molecule has 4 atom stereocenters. The smallest absolute Gasteiger partial charge is 0.276 e. The van der Waals surface area contributed by atoms with E-state index in [1.807, 2.05) is 0 Å². The number of benzene rings is 2. The topological polar surface area (TPSA) is 76.4 Å². The highest BCUT2D eigenvalue weighted by Gasteiger charge is 2.52. The summed E-state index contributed by atoms with van der Waals surface area (Å²) in [6.45, 7) is 0.437. The molecule has 3 aliphatic heterocycles. The number of aliphatic hydroxyl groups excluding tert-OH is 2. The van der Waals surface area contributed by atoms with E-state index in [-0.39, 0.29) is 17.3 Å². The van der Waals surface area contributed by atoms with Crippen LogP contribution in [0.2, 0.25) is 0 Å². The molecular weight excluding hydrogens is 423 g/mol. The lowest BCUT2D eigenvalue weighted by Gasteiger charge is -2.48. The Balaban J connectivity index is 1.73. The molecule has 0 aromatic heterocycles. The summed E-state index contributed by atoms with van der Waals surface area (Å²) in [6.07, 6.45) is 0.978. The van der Waals surface area contributed by atoms with Crippen molar-refractivity contribution in [2.24, 2.45) is 5.10 Å². The number of piperazine rings is 1. The van der Waals surface area contributed by atoms with Crippen LogP contribution in [0.1, 0.15) is 29.9 Å². The highest BCUT2D eigenvalue weighted by molar-refractivity contribution is 5.96. The van der Waals surface area contributed by atoms with Crippen LogP contribution >= 0.6 is 0 Å². The standard InChI is InChI=1S/C23H20F3N3O3/c24-13-5-3-12(4-6-13)19(15-8-7-14(25)10-16(15)26)20-17-2-1-9-28(17)23(32)21-22(31)18(30)11-27-29(20)21/h3-8,10-11,17-20,30-31H,1-2,9H2/t17-,18?,19+,20-/m1/s1.